The highest BCUT2D eigenvalue weighted by atomic mass is 35.5. The number of aryl methyl sites for hydroxylation is 2. The van der Waals surface area contributed by atoms with Crippen LogP contribution in [-0.4, -0.2) is 27.6 Å². The summed E-state index contributed by atoms with van der Waals surface area (Å²) in [4.78, 5) is 0.187. The first-order valence-corrected chi connectivity index (χ1v) is 9.19. The molecular formula is C16H27ClN2O3S. The molecular weight excluding hydrogens is 336 g/mol. The molecule has 23 heavy (non-hydrogen) atoms. The fourth-order valence-corrected chi connectivity index (χ4v) is 4.59. The van der Waals surface area contributed by atoms with Gasteiger partial charge < -0.3 is 10.5 Å². The molecule has 0 saturated heterocycles. The van der Waals surface area contributed by atoms with E-state index in [1.54, 1.807) is 6.07 Å². The van der Waals surface area contributed by atoms with Crippen molar-refractivity contribution in [3.8, 4) is 5.75 Å². The van der Waals surface area contributed by atoms with Gasteiger partial charge in [0.15, 0.2) is 0 Å². The molecule has 0 bridgehead atoms. The fourth-order valence-electron chi connectivity index (χ4n) is 3.13. The molecule has 5 nitrogen and oxygen atoms in total. The van der Waals surface area contributed by atoms with Crippen molar-refractivity contribution in [3.63, 3.8) is 0 Å². The average molecular weight is 363 g/mol. The number of hydrogen-bond donors (Lipinski definition) is 2. The number of sulfonamides is 1. The first-order valence-electron chi connectivity index (χ1n) is 7.71. The zero-order valence-corrected chi connectivity index (χ0v) is 15.6. The van der Waals surface area contributed by atoms with E-state index in [1.807, 2.05) is 19.9 Å². The predicted molar refractivity (Wildman–Crippen MR) is 94.9 cm³/mol. The lowest BCUT2D eigenvalue weighted by Gasteiger charge is -2.33. The van der Waals surface area contributed by atoms with Crippen LogP contribution in [-0.2, 0) is 10.0 Å². The molecule has 0 heterocycles. The Bertz CT molecular complexity index is 641. The molecule has 1 saturated carbocycles. The van der Waals surface area contributed by atoms with E-state index in [2.05, 4.69) is 4.72 Å². The number of rotatable bonds is 5. The highest BCUT2D eigenvalue weighted by Gasteiger charge is 2.30. The summed E-state index contributed by atoms with van der Waals surface area (Å²) in [6.07, 6.45) is 5.02. The molecule has 132 valence electrons. The molecule has 0 radical (unpaired) electrons. The summed E-state index contributed by atoms with van der Waals surface area (Å²) >= 11 is 0. The standard InChI is InChI=1S/C16H26N2O3S.ClH/c1-12-9-13(2)15(21-3)14(10-12)22(19,20)18-11-16(17)7-5-4-6-8-16;/h9-10,18H,4-8,11,17H2,1-3H3;1H. The maximum Gasteiger partial charge on any atom is 0.244 e. The van der Waals surface area contributed by atoms with Crippen LogP contribution in [0.1, 0.15) is 43.2 Å². The van der Waals surface area contributed by atoms with Crippen molar-refractivity contribution in [2.45, 2.75) is 56.4 Å². The van der Waals surface area contributed by atoms with Crippen molar-refractivity contribution in [1.82, 2.24) is 4.72 Å². The molecule has 2 rings (SSSR count). The third-order valence-corrected chi connectivity index (χ3v) is 5.75. The van der Waals surface area contributed by atoms with Gasteiger partial charge in [0.25, 0.3) is 0 Å². The van der Waals surface area contributed by atoms with Crippen molar-refractivity contribution in [2.24, 2.45) is 5.73 Å². The van der Waals surface area contributed by atoms with E-state index in [9.17, 15) is 8.42 Å². The molecule has 1 aliphatic rings. The van der Waals surface area contributed by atoms with E-state index in [4.69, 9.17) is 10.5 Å². The largest absolute Gasteiger partial charge is 0.495 e. The first kappa shape index (κ1) is 20.2. The van der Waals surface area contributed by atoms with Gasteiger partial charge in [-0.1, -0.05) is 25.3 Å². The van der Waals surface area contributed by atoms with Crippen molar-refractivity contribution in [3.05, 3.63) is 23.3 Å². The third-order valence-electron chi connectivity index (χ3n) is 4.34. The Hall–Kier alpha value is -0.820. The third kappa shape index (κ3) is 4.83. The molecule has 0 aliphatic heterocycles. The predicted octanol–water partition coefficient (Wildman–Crippen LogP) is 2.67. The van der Waals surface area contributed by atoms with E-state index in [0.717, 1.165) is 36.8 Å². The molecule has 3 N–H and O–H groups in total. The zero-order valence-electron chi connectivity index (χ0n) is 14.0. The summed E-state index contributed by atoms with van der Waals surface area (Å²) in [7, 11) is -2.15. The minimum absolute atomic E-state index is 0. The van der Waals surface area contributed by atoms with Gasteiger partial charge in [0, 0.05) is 12.1 Å². The molecule has 0 atom stereocenters. The summed E-state index contributed by atoms with van der Waals surface area (Å²) < 4.78 is 33.3. The number of ether oxygens (including phenoxy) is 1. The molecule has 0 amide bonds. The van der Waals surface area contributed by atoms with Gasteiger partial charge in [-0.2, -0.15) is 0 Å². The smallest absolute Gasteiger partial charge is 0.244 e. The molecule has 1 aromatic carbocycles. The Kier molecular flexibility index (Phi) is 6.89. The lowest BCUT2D eigenvalue weighted by atomic mass is 9.83. The minimum Gasteiger partial charge on any atom is -0.495 e. The fraction of sp³-hybridized carbons (Fsp3) is 0.625. The normalized spacial score (nSPS) is 17.4. The lowest BCUT2D eigenvalue weighted by Crippen LogP contribution is -2.51. The van der Waals surface area contributed by atoms with Gasteiger partial charge in [-0.05, 0) is 43.9 Å². The van der Waals surface area contributed by atoms with Crippen LogP contribution < -0.4 is 15.2 Å². The quantitative estimate of drug-likeness (QED) is 0.843. The van der Waals surface area contributed by atoms with Crippen LogP contribution in [0.2, 0.25) is 0 Å². The van der Waals surface area contributed by atoms with Crippen LogP contribution in [0.15, 0.2) is 17.0 Å². The molecule has 0 unspecified atom stereocenters. The highest BCUT2D eigenvalue weighted by Crippen LogP contribution is 2.30. The minimum atomic E-state index is -3.64. The van der Waals surface area contributed by atoms with Crippen LogP contribution in [0.3, 0.4) is 0 Å². The van der Waals surface area contributed by atoms with Crippen molar-refractivity contribution >= 4 is 22.4 Å². The van der Waals surface area contributed by atoms with E-state index >= 15 is 0 Å². The van der Waals surface area contributed by atoms with Gasteiger partial charge in [0.2, 0.25) is 10.0 Å². The maximum absolute atomic E-state index is 12.7. The topological polar surface area (TPSA) is 81.4 Å². The van der Waals surface area contributed by atoms with Crippen LogP contribution in [0.4, 0.5) is 0 Å². The van der Waals surface area contributed by atoms with Gasteiger partial charge >= 0.3 is 0 Å². The molecule has 7 heteroatoms. The van der Waals surface area contributed by atoms with Crippen molar-refractivity contribution in [1.29, 1.82) is 0 Å². The Labute approximate surface area is 145 Å². The zero-order chi connectivity index (χ0) is 16.4. The maximum atomic E-state index is 12.7. The van der Waals surface area contributed by atoms with Crippen LogP contribution >= 0.6 is 12.4 Å². The number of methoxy groups -OCH3 is 1. The highest BCUT2D eigenvalue weighted by molar-refractivity contribution is 7.89. The monoisotopic (exact) mass is 362 g/mol. The number of halogens is 1. The first-order chi connectivity index (χ1) is 10.3. The van der Waals surface area contributed by atoms with Crippen molar-refractivity contribution < 1.29 is 13.2 Å². The molecule has 0 spiro atoms. The summed E-state index contributed by atoms with van der Waals surface area (Å²) in [6, 6.07) is 3.54. The molecule has 0 aromatic heterocycles. The van der Waals surface area contributed by atoms with Crippen LogP contribution in [0, 0.1) is 13.8 Å². The summed E-state index contributed by atoms with van der Waals surface area (Å²) in [5.74, 6) is 0.396. The number of hydrogen-bond acceptors (Lipinski definition) is 4. The Balaban J connectivity index is 0.00000264. The second-order valence-corrected chi connectivity index (χ2v) is 8.10. The van der Waals surface area contributed by atoms with Crippen LogP contribution in [0.25, 0.3) is 0 Å². The van der Waals surface area contributed by atoms with Crippen molar-refractivity contribution in [2.75, 3.05) is 13.7 Å². The Morgan fingerprint density at radius 3 is 2.39 bits per heavy atom. The molecule has 1 fully saturated rings. The number of nitrogens with two attached hydrogens (primary N) is 1. The van der Waals surface area contributed by atoms with E-state index < -0.39 is 15.6 Å². The molecule has 1 aromatic rings. The average Bonchev–Trinajstić information content (AvgIpc) is 2.45. The Morgan fingerprint density at radius 1 is 1.22 bits per heavy atom. The van der Waals surface area contributed by atoms with Gasteiger partial charge in [-0.15, -0.1) is 12.4 Å². The summed E-state index contributed by atoms with van der Waals surface area (Å²) in [6.45, 7) is 3.99. The van der Waals surface area contributed by atoms with E-state index in [0.29, 0.717) is 5.75 Å². The second-order valence-electron chi connectivity index (χ2n) is 6.36. The number of benzene rings is 1. The summed E-state index contributed by atoms with van der Waals surface area (Å²) in [5, 5.41) is 0. The summed E-state index contributed by atoms with van der Waals surface area (Å²) in [5.41, 5.74) is 7.58. The molecule has 1 aliphatic carbocycles. The van der Waals surface area contributed by atoms with Gasteiger partial charge in [0.05, 0.1) is 7.11 Å². The lowest BCUT2D eigenvalue weighted by molar-refractivity contribution is 0.296. The van der Waals surface area contributed by atoms with Gasteiger partial charge in [-0.3, -0.25) is 0 Å². The van der Waals surface area contributed by atoms with Crippen LogP contribution in [0.5, 0.6) is 5.75 Å². The number of nitrogens with one attached hydrogen (secondary N) is 1. The van der Waals surface area contributed by atoms with Gasteiger partial charge in [0.1, 0.15) is 10.6 Å². The van der Waals surface area contributed by atoms with Gasteiger partial charge in [-0.25, -0.2) is 13.1 Å². The van der Waals surface area contributed by atoms with E-state index in [1.165, 1.54) is 13.5 Å². The SMILES string of the molecule is COc1c(C)cc(C)cc1S(=O)(=O)NCC1(N)CCCCC1.Cl. The second kappa shape index (κ2) is 7.83. The Morgan fingerprint density at radius 2 is 1.83 bits per heavy atom. The van der Waals surface area contributed by atoms with E-state index in [-0.39, 0.29) is 23.8 Å².